The van der Waals surface area contributed by atoms with Gasteiger partial charge in [-0.15, -0.1) is 0 Å². The zero-order valence-electron chi connectivity index (χ0n) is 16.3. The number of hydrogen-bond donors (Lipinski definition) is 0. The van der Waals surface area contributed by atoms with Crippen LogP contribution in [0.5, 0.6) is 0 Å². The fourth-order valence-corrected chi connectivity index (χ4v) is 4.32. The minimum Gasteiger partial charge on any atom is -0.469 e. The van der Waals surface area contributed by atoms with Gasteiger partial charge in [0.25, 0.3) is 5.91 Å². The average molecular weight is 378 g/mol. The van der Waals surface area contributed by atoms with Gasteiger partial charge in [-0.05, 0) is 31.4 Å². The summed E-state index contributed by atoms with van der Waals surface area (Å²) in [6.45, 7) is 4.65. The van der Waals surface area contributed by atoms with E-state index in [4.69, 9.17) is 4.42 Å². The molecule has 5 heteroatoms. The van der Waals surface area contributed by atoms with Crippen molar-refractivity contribution in [1.82, 2.24) is 9.80 Å². The van der Waals surface area contributed by atoms with E-state index in [1.807, 2.05) is 34.9 Å². The van der Waals surface area contributed by atoms with Crippen LogP contribution in [0.25, 0.3) is 6.08 Å². The van der Waals surface area contributed by atoms with Crippen molar-refractivity contribution in [3.63, 3.8) is 0 Å². The molecule has 2 aliphatic heterocycles. The number of piperidine rings is 1. The maximum Gasteiger partial charge on any atom is 0.257 e. The fraction of sp³-hybridized carbons (Fsp3) is 0.391. The van der Waals surface area contributed by atoms with Crippen molar-refractivity contribution in [2.45, 2.75) is 26.2 Å². The monoisotopic (exact) mass is 378 g/mol. The lowest BCUT2D eigenvalue weighted by molar-refractivity contribution is -0.127. The first-order valence-corrected chi connectivity index (χ1v) is 9.89. The first-order chi connectivity index (χ1) is 13.6. The molecule has 0 aliphatic carbocycles. The number of amides is 2. The summed E-state index contributed by atoms with van der Waals surface area (Å²) in [4.78, 5) is 29.1. The number of carbonyl (C=O) groups is 2. The number of furan rings is 1. The van der Waals surface area contributed by atoms with Gasteiger partial charge in [-0.3, -0.25) is 9.59 Å². The van der Waals surface area contributed by atoms with Gasteiger partial charge in [-0.2, -0.15) is 0 Å². The van der Waals surface area contributed by atoms with E-state index in [-0.39, 0.29) is 17.2 Å². The van der Waals surface area contributed by atoms with Gasteiger partial charge >= 0.3 is 0 Å². The predicted molar refractivity (Wildman–Crippen MR) is 108 cm³/mol. The third-order valence-electron chi connectivity index (χ3n) is 6.04. The molecule has 2 aliphatic rings. The highest BCUT2D eigenvalue weighted by Gasteiger charge is 2.45. The van der Waals surface area contributed by atoms with Crippen LogP contribution in [0, 0.1) is 12.3 Å². The minimum absolute atomic E-state index is 0.0138. The molecule has 0 N–H and O–H groups in total. The van der Waals surface area contributed by atoms with E-state index in [1.165, 1.54) is 0 Å². The smallest absolute Gasteiger partial charge is 0.257 e. The standard InChI is InChI=1S/C23H26N2O3/c1-18-20(9-15-28-18)22(27)24-13-10-23(11-14-24)16-21(26)25(17-23)12-5-8-19-6-3-2-4-7-19/h2-9,15H,10-14,16-17H2,1H3. The molecule has 28 heavy (non-hydrogen) atoms. The molecule has 5 nitrogen and oxygen atoms in total. The third-order valence-corrected chi connectivity index (χ3v) is 6.04. The lowest BCUT2D eigenvalue weighted by Gasteiger charge is -2.38. The van der Waals surface area contributed by atoms with Gasteiger partial charge in [0.15, 0.2) is 0 Å². The second-order valence-corrected chi connectivity index (χ2v) is 7.95. The predicted octanol–water partition coefficient (Wildman–Crippen LogP) is 3.76. The van der Waals surface area contributed by atoms with E-state index in [1.54, 1.807) is 12.3 Å². The van der Waals surface area contributed by atoms with Crippen molar-refractivity contribution in [2.24, 2.45) is 5.41 Å². The molecule has 1 aromatic carbocycles. The van der Waals surface area contributed by atoms with Crippen LogP contribution >= 0.6 is 0 Å². The Bertz CT molecular complexity index is 876. The molecule has 0 saturated carbocycles. The van der Waals surface area contributed by atoms with Crippen LogP contribution in [0.4, 0.5) is 0 Å². The van der Waals surface area contributed by atoms with Gasteiger partial charge in [0, 0.05) is 38.0 Å². The van der Waals surface area contributed by atoms with Crippen LogP contribution in [0.15, 0.2) is 53.2 Å². The maximum absolute atomic E-state index is 12.7. The summed E-state index contributed by atoms with van der Waals surface area (Å²) in [5, 5.41) is 0. The van der Waals surface area contributed by atoms with Gasteiger partial charge in [0.1, 0.15) is 5.76 Å². The second kappa shape index (κ2) is 7.66. The van der Waals surface area contributed by atoms with E-state index in [0.29, 0.717) is 37.4 Å². The lowest BCUT2D eigenvalue weighted by Crippen LogP contribution is -2.44. The van der Waals surface area contributed by atoms with Gasteiger partial charge in [-0.1, -0.05) is 42.5 Å². The lowest BCUT2D eigenvalue weighted by atomic mass is 9.77. The first-order valence-electron chi connectivity index (χ1n) is 9.89. The largest absolute Gasteiger partial charge is 0.469 e. The molecule has 0 atom stereocenters. The molecule has 0 bridgehead atoms. The SMILES string of the molecule is Cc1occc1C(=O)N1CCC2(CC1)CC(=O)N(CC=Cc1ccccc1)C2. The minimum atomic E-state index is 0.0138. The Hall–Kier alpha value is -2.82. The van der Waals surface area contributed by atoms with E-state index < -0.39 is 0 Å². The molecule has 2 saturated heterocycles. The van der Waals surface area contributed by atoms with Gasteiger partial charge < -0.3 is 14.2 Å². The quantitative estimate of drug-likeness (QED) is 0.814. The Kier molecular flexibility index (Phi) is 5.07. The number of likely N-dealkylation sites (tertiary alicyclic amines) is 2. The Morgan fingerprint density at radius 3 is 2.61 bits per heavy atom. The van der Waals surface area contributed by atoms with Crippen molar-refractivity contribution < 1.29 is 14.0 Å². The number of carbonyl (C=O) groups excluding carboxylic acids is 2. The van der Waals surface area contributed by atoms with Crippen LogP contribution in [0.2, 0.25) is 0 Å². The molecule has 3 heterocycles. The molecule has 2 fully saturated rings. The van der Waals surface area contributed by atoms with Crippen molar-refractivity contribution in [2.75, 3.05) is 26.2 Å². The number of benzene rings is 1. The summed E-state index contributed by atoms with van der Waals surface area (Å²) in [6.07, 6.45) is 8.03. The normalized spacial score (nSPS) is 19.1. The highest BCUT2D eigenvalue weighted by molar-refractivity contribution is 5.95. The highest BCUT2D eigenvalue weighted by atomic mass is 16.3. The summed E-state index contributed by atoms with van der Waals surface area (Å²) in [5.41, 5.74) is 1.80. The topological polar surface area (TPSA) is 53.8 Å². The summed E-state index contributed by atoms with van der Waals surface area (Å²) in [6, 6.07) is 11.9. The zero-order valence-corrected chi connectivity index (χ0v) is 16.3. The van der Waals surface area contributed by atoms with Gasteiger partial charge in [0.05, 0.1) is 11.8 Å². The van der Waals surface area contributed by atoms with E-state index in [2.05, 4.69) is 24.3 Å². The first kappa shape index (κ1) is 18.5. The average Bonchev–Trinajstić information content (AvgIpc) is 3.26. The Labute approximate surface area is 165 Å². The molecule has 0 unspecified atom stereocenters. The van der Waals surface area contributed by atoms with Crippen molar-refractivity contribution in [1.29, 1.82) is 0 Å². The van der Waals surface area contributed by atoms with Crippen molar-refractivity contribution in [3.05, 3.63) is 65.6 Å². The molecule has 4 rings (SSSR count). The van der Waals surface area contributed by atoms with Gasteiger partial charge in [0.2, 0.25) is 5.91 Å². The Morgan fingerprint density at radius 1 is 1.18 bits per heavy atom. The van der Waals surface area contributed by atoms with Gasteiger partial charge in [-0.25, -0.2) is 0 Å². The molecule has 0 radical (unpaired) electrons. The van der Waals surface area contributed by atoms with Crippen molar-refractivity contribution in [3.8, 4) is 0 Å². The van der Waals surface area contributed by atoms with Crippen LogP contribution in [0.1, 0.15) is 40.9 Å². The molecular weight excluding hydrogens is 352 g/mol. The summed E-state index contributed by atoms with van der Waals surface area (Å²) < 4.78 is 5.26. The van der Waals surface area contributed by atoms with Crippen molar-refractivity contribution >= 4 is 17.9 Å². The second-order valence-electron chi connectivity index (χ2n) is 7.95. The number of nitrogens with zero attached hydrogens (tertiary/aromatic N) is 2. The number of rotatable bonds is 4. The van der Waals surface area contributed by atoms with Crippen LogP contribution in [0.3, 0.4) is 0 Å². The molecule has 1 aromatic heterocycles. The zero-order chi connectivity index (χ0) is 19.6. The van der Waals surface area contributed by atoms with E-state index >= 15 is 0 Å². The number of aryl methyl sites for hydroxylation is 1. The number of hydrogen-bond acceptors (Lipinski definition) is 3. The van der Waals surface area contributed by atoms with Crippen LogP contribution < -0.4 is 0 Å². The Balaban J connectivity index is 1.33. The van der Waals surface area contributed by atoms with E-state index in [0.717, 1.165) is 24.9 Å². The molecule has 2 aromatic rings. The summed E-state index contributed by atoms with van der Waals surface area (Å²) in [7, 11) is 0. The van der Waals surface area contributed by atoms with E-state index in [9.17, 15) is 9.59 Å². The maximum atomic E-state index is 12.7. The Morgan fingerprint density at radius 2 is 1.93 bits per heavy atom. The van der Waals surface area contributed by atoms with Crippen LogP contribution in [-0.2, 0) is 4.79 Å². The molecular formula is C23H26N2O3. The molecule has 146 valence electrons. The third kappa shape index (κ3) is 3.75. The summed E-state index contributed by atoms with van der Waals surface area (Å²) in [5.74, 6) is 0.925. The molecule has 2 amide bonds. The highest BCUT2D eigenvalue weighted by Crippen LogP contribution is 2.41. The molecule has 1 spiro atoms. The summed E-state index contributed by atoms with van der Waals surface area (Å²) >= 11 is 0. The van der Waals surface area contributed by atoms with Crippen LogP contribution in [-0.4, -0.2) is 47.8 Å². The fourth-order valence-electron chi connectivity index (χ4n) is 4.32.